The summed E-state index contributed by atoms with van der Waals surface area (Å²) in [6.07, 6.45) is 4.36. The summed E-state index contributed by atoms with van der Waals surface area (Å²) in [4.78, 5) is 11.5. The number of ketones is 1. The molecule has 0 aromatic rings. The van der Waals surface area contributed by atoms with Crippen molar-refractivity contribution in [3.05, 3.63) is 11.6 Å². The number of Topliss-reactive ketones (excluding diaryl/α,β-unsaturated/α-hetero) is 1. The second-order valence-electron chi connectivity index (χ2n) is 5.04. The lowest BCUT2D eigenvalue weighted by Gasteiger charge is -2.33. The van der Waals surface area contributed by atoms with E-state index < -0.39 is 0 Å². The van der Waals surface area contributed by atoms with Crippen LogP contribution in [-0.4, -0.2) is 31.7 Å². The molecular formula is C14H24O3. The zero-order valence-corrected chi connectivity index (χ0v) is 11.4. The Morgan fingerprint density at radius 1 is 1.53 bits per heavy atom. The molecule has 17 heavy (non-hydrogen) atoms. The van der Waals surface area contributed by atoms with Gasteiger partial charge in [0.2, 0.25) is 0 Å². The molecule has 3 atom stereocenters. The van der Waals surface area contributed by atoms with E-state index >= 15 is 0 Å². The first-order valence-corrected chi connectivity index (χ1v) is 6.34. The molecule has 98 valence electrons. The molecule has 1 aliphatic carbocycles. The standard InChI is InChI=1S/C14H24O3/c1-10(2)7-8-17-11(3)13-9-12(15)5-6-14(13)16-4/h7,11,13-14H,5-6,8-9H2,1-4H3. The maximum absolute atomic E-state index is 11.5. The van der Waals surface area contributed by atoms with E-state index in [2.05, 4.69) is 19.9 Å². The summed E-state index contributed by atoms with van der Waals surface area (Å²) in [5.41, 5.74) is 1.25. The van der Waals surface area contributed by atoms with Crippen LogP contribution in [0.2, 0.25) is 0 Å². The second-order valence-corrected chi connectivity index (χ2v) is 5.04. The highest BCUT2D eigenvalue weighted by atomic mass is 16.5. The zero-order chi connectivity index (χ0) is 12.8. The average Bonchev–Trinajstić information content (AvgIpc) is 2.28. The van der Waals surface area contributed by atoms with Gasteiger partial charge in [0.25, 0.3) is 0 Å². The lowest BCUT2D eigenvalue weighted by molar-refractivity contribution is -0.129. The van der Waals surface area contributed by atoms with E-state index in [0.717, 1.165) is 6.42 Å². The summed E-state index contributed by atoms with van der Waals surface area (Å²) in [6, 6.07) is 0. The largest absolute Gasteiger partial charge is 0.381 e. The van der Waals surface area contributed by atoms with Gasteiger partial charge in [-0.2, -0.15) is 0 Å². The normalized spacial score (nSPS) is 26.7. The maximum atomic E-state index is 11.5. The summed E-state index contributed by atoms with van der Waals surface area (Å²) < 4.78 is 11.2. The highest BCUT2D eigenvalue weighted by Crippen LogP contribution is 2.28. The van der Waals surface area contributed by atoms with Crippen molar-refractivity contribution in [1.82, 2.24) is 0 Å². The minimum Gasteiger partial charge on any atom is -0.381 e. The van der Waals surface area contributed by atoms with Crippen LogP contribution in [0.25, 0.3) is 0 Å². The van der Waals surface area contributed by atoms with Crippen LogP contribution >= 0.6 is 0 Å². The Bertz CT molecular complexity index is 279. The van der Waals surface area contributed by atoms with Crippen molar-refractivity contribution >= 4 is 5.78 Å². The molecule has 0 aromatic heterocycles. The van der Waals surface area contributed by atoms with Gasteiger partial charge in [-0.1, -0.05) is 11.6 Å². The Hall–Kier alpha value is -0.670. The quantitative estimate of drug-likeness (QED) is 0.693. The Labute approximate surface area is 104 Å². The maximum Gasteiger partial charge on any atom is 0.133 e. The van der Waals surface area contributed by atoms with E-state index in [-0.39, 0.29) is 18.1 Å². The van der Waals surface area contributed by atoms with E-state index in [1.807, 2.05) is 6.92 Å². The molecule has 0 aromatic carbocycles. The molecule has 0 spiro atoms. The summed E-state index contributed by atoms with van der Waals surface area (Å²) in [7, 11) is 1.72. The first kappa shape index (κ1) is 14.4. The number of carbonyl (C=O) groups is 1. The third kappa shape index (κ3) is 4.60. The Morgan fingerprint density at radius 3 is 2.82 bits per heavy atom. The Kier molecular flexibility index (Phi) is 5.86. The number of hydrogen-bond donors (Lipinski definition) is 0. The van der Waals surface area contributed by atoms with Crippen molar-refractivity contribution in [2.45, 2.75) is 52.2 Å². The predicted octanol–water partition coefficient (Wildman–Crippen LogP) is 2.74. The number of allylic oxidation sites excluding steroid dienone is 1. The highest BCUT2D eigenvalue weighted by molar-refractivity contribution is 5.79. The molecule has 0 bridgehead atoms. The number of carbonyl (C=O) groups excluding carboxylic acids is 1. The molecule has 3 heteroatoms. The summed E-state index contributed by atoms with van der Waals surface area (Å²) in [6.45, 7) is 6.75. The second kappa shape index (κ2) is 6.92. The zero-order valence-electron chi connectivity index (χ0n) is 11.4. The van der Waals surface area contributed by atoms with Crippen LogP contribution in [0.5, 0.6) is 0 Å². The molecule has 0 amide bonds. The number of rotatable bonds is 5. The summed E-state index contributed by atoms with van der Waals surface area (Å²) in [5.74, 6) is 0.535. The van der Waals surface area contributed by atoms with E-state index in [1.165, 1.54) is 5.57 Å². The third-order valence-electron chi connectivity index (χ3n) is 3.41. The average molecular weight is 240 g/mol. The summed E-state index contributed by atoms with van der Waals surface area (Å²) >= 11 is 0. The number of hydrogen-bond acceptors (Lipinski definition) is 3. The molecule has 3 unspecified atom stereocenters. The van der Waals surface area contributed by atoms with Gasteiger partial charge in [0.15, 0.2) is 0 Å². The van der Waals surface area contributed by atoms with Gasteiger partial charge >= 0.3 is 0 Å². The first-order valence-electron chi connectivity index (χ1n) is 6.34. The molecule has 1 fully saturated rings. The molecule has 3 nitrogen and oxygen atoms in total. The molecule has 0 aliphatic heterocycles. The van der Waals surface area contributed by atoms with Gasteiger partial charge in [0, 0.05) is 25.9 Å². The van der Waals surface area contributed by atoms with Crippen LogP contribution < -0.4 is 0 Å². The Balaban J connectivity index is 2.49. The first-order chi connectivity index (χ1) is 8.04. The van der Waals surface area contributed by atoms with Crippen LogP contribution in [0.3, 0.4) is 0 Å². The van der Waals surface area contributed by atoms with Gasteiger partial charge in [-0.3, -0.25) is 4.79 Å². The fraction of sp³-hybridized carbons (Fsp3) is 0.786. The SMILES string of the molecule is COC1CCC(=O)CC1C(C)OCC=C(C)C. The van der Waals surface area contributed by atoms with E-state index in [1.54, 1.807) is 7.11 Å². The molecular weight excluding hydrogens is 216 g/mol. The van der Waals surface area contributed by atoms with Gasteiger partial charge in [0.1, 0.15) is 5.78 Å². The smallest absolute Gasteiger partial charge is 0.133 e. The van der Waals surface area contributed by atoms with Crippen molar-refractivity contribution < 1.29 is 14.3 Å². The predicted molar refractivity (Wildman–Crippen MR) is 68.0 cm³/mol. The van der Waals surface area contributed by atoms with Crippen LogP contribution in [-0.2, 0) is 14.3 Å². The van der Waals surface area contributed by atoms with Crippen molar-refractivity contribution in [2.75, 3.05) is 13.7 Å². The van der Waals surface area contributed by atoms with Crippen molar-refractivity contribution in [3.63, 3.8) is 0 Å². The molecule has 0 radical (unpaired) electrons. The van der Waals surface area contributed by atoms with Gasteiger partial charge in [-0.25, -0.2) is 0 Å². The fourth-order valence-corrected chi connectivity index (χ4v) is 2.26. The van der Waals surface area contributed by atoms with Gasteiger partial charge in [0.05, 0.1) is 18.8 Å². The van der Waals surface area contributed by atoms with E-state index in [9.17, 15) is 4.79 Å². The Morgan fingerprint density at radius 2 is 2.24 bits per heavy atom. The minimum absolute atomic E-state index is 0.0693. The molecule has 1 saturated carbocycles. The molecule has 1 rings (SSSR count). The highest BCUT2D eigenvalue weighted by Gasteiger charge is 2.33. The lowest BCUT2D eigenvalue weighted by Crippen LogP contribution is -2.38. The summed E-state index contributed by atoms with van der Waals surface area (Å²) in [5, 5.41) is 0. The van der Waals surface area contributed by atoms with Crippen molar-refractivity contribution in [2.24, 2.45) is 5.92 Å². The van der Waals surface area contributed by atoms with Crippen LogP contribution in [0, 0.1) is 5.92 Å². The van der Waals surface area contributed by atoms with E-state index in [4.69, 9.17) is 9.47 Å². The monoisotopic (exact) mass is 240 g/mol. The van der Waals surface area contributed by atoms with Gasteiger partial charge in [-0.05, 0) is 27.2 Å². The van der Waals surface area contributed by atoms with Crippen LogP contribution in [0.1, 0.15) is 40.0 Å². The van der Waals surface area contributed by atoms with Crippen LogP contribution in [0.4, 0.5) is 0 Å². The van der Waals surface area contributed by atoms with E-state index in [0.29, 0.717) is 25.2 Å². The molecule has 0 N–H and O–H groups in total. The minimum atomic E-state index is 0.0693. The molecule has 1 aliphatic rings. The van der Waals surface area contributed by atoms with Gasteiger partial charge in [-0.15, -0.1) is 0 Å². The third-order valence-corrected chi connectivity index (χ3v) is 3.41. The number of ether oxygens (including phenoxy) is 2. The number of methoxy groups -OCH3 is 1. The topological polar surface area (TPSA) is 35.5 Å². The molecule has 0 heterocycles. The van der Waals surface area contributed by atoms with Crippen LogP contribution in [0.15, 0.2) is 11.6 Å². The van der Waals surface area contributed by atoms with Gasteiger partial charge < -0.3 is 9.47 Å². The van der Waals surface area contributed by atoms with Crippen molar-refractivity contribution in [1.29, 1.82) is 0 Å². The lowest BCUT2D eigenvalue weighted by atomic mass is 9.82. The molecule has 0 saturated heterocycles. The fourth-order valence-electron chi connectivity index (χ4n) is 2.26. The van der Waals surface area contributed by atoms with Crippen molar-refractivity contribution in [3.8, 4) is 0 Å².